The molecule has 0 fully saturated rings. The number of amides is 2. The predicted octanol–water partition coefficient (Wildman–Crippen LogP) is 2.79. The molecule has 19 heavy (non-hydrogen) atoms. The van der Waals surface area contributed by atoms with Crippen LogP contribution in [0.2, 0.25) is 0 Å². The van der Waals surface area contributed by atoms with Crippen molar-refractivity contribution in [1.29, 1.82) is 0 Å². The molecule has 100 valence electrons. The van der Waals surface area contributed by atoms with Gasteiger partial charge in [-0.1, -0.05) is 12.1 Å². The van der Waals surface area contributed by atoms with Gasteiger partial charge in [-0.3, -0.25) is 5.32 Å². The van der Waals surface area contributed by atoms with Gasteiger partial charge in [0.05, 0.1) is 0 Å². The van der Waals surface area contributed by atoms with Crippen LogP contribution in [-0.4, -0.2) is 16.1 Å². The van der Waals surface area contributed by atoms with Gasteiger partial charge in [-0.15, -0.1) is 11.3 Å². The van der Waals surface area contributed by atoms with E-state index >= 15 is 0 Å². The first-order chi connectivity index (χ1) is 9.06. The van der Waals surface area contributed by atoms with E-state index in [2.05, 4.69) is 15.6 Å². The Morgan fingerprint density at radius 1 is 1.37 bits per heavy atom. The van der Waals surface area contributed by atoms with E-state index in [1.54, 1.807) is 11.6 Å². The van der Waals surface area contributed by atoms with Gasteiger partial charge in [0, 0.05) is 18.1 Å². The zero-order valence-electron chi connectivity index (χ0n) is 10.7. The van der Waals surface area contributed by atoms with Gasteiger partial charge in [0.25, 0.3) is 0 Å². The highest BCUT2D eigenvalue weighted by Gasteiger charge is 2.06. The highest BCUT2D eigenvalue weighted by molar-refractivity contribution is 7.13. The minimum Gasteiger partial charge on any atom is -0.507 e. The maximum Gasteiger partial charge on any atom is 0.321 e. The summed E-state index contributed by atoms with van der Waals surface area (Å²) in [5.41, 5.74) is 2.55. The number of thiazole rings is 1. The number of hydrogen-bond acceptors (Lipinski definition) is 4. The van der Waals surface area contributed by atoms with E-state index in [4.69, 9.17) is 0 Å². The molecule has 0 unspecified atom stereocenters. The number of aryl methyl sites for hydroxylation is 2. The largest absolute Gasteiger partial charge is 0.507 e. The standard InChI is InChI=1S/C13H15N3O2S/c1-8-5-10(6-9(2)11(8)17)7-15-12(18)16-13-14-3-4-19-13/h3-6,17H,7H2,1-2H3,(H2,14,15,16,18). The molecule has 0 bridgehead atoms. The molecule has 0 aliphatic heterocycles. The molecule has 1 aromatic carbocycles. The van der Waals surface area contributed by atoms with Gasteiger partial charge < -0.3 is 10.4 Å². The first-order valence-corrected chi connectivity index (χ1v) is 6.67. The molecule has 1 heterocycles. The number of aromatic hydroxyl groups is 1. The number of phenolic OH excluding ortho intramolecular Hbond substituents is 1. The smallest absolute Gasteiger partial charge is 0.321 e. The van der Waals surface area contributed by atoms with Crippen molar-refractivity contribution in [1.82, 2.24) is 10.3 Å². The van der Waals surface area contributed by atoms with Crippen LogP contribution in [0.4, 0.5) is 9.93 Å². The van der Waals surface area contributed by atoms with Crippen molar-refractivity contribution in [2.45, 2.75) is 20.4 Å². The maximum absolute atomic E-state index is 11.6. The Balaban J connectivity index is 1.93. The van der Waals surface area contributed by atoms with E-state index in [1.165, 1.54) is 11.3 Å². The summed E-state index contributed by atoms with van der Waals surface area (Å²) < 4.78 is 0. The van der Waals surface area contributed by atoms with Crippen LogP contribution < -0.4 is 10.6 Å². The Kier molecular flexibility index (Phi) is 4.01. The van der Waals surface area contributed by atoms with E-state index in [-0.39, 0.29) is 6.03 Å². The van der Waals surface area contributed by atoms with Crippen LogP contribution >= 0.6 is 11.3 Å². The van der Waals surface area contributed by atoms with Crippen molar-refractivity contribution in [3.05, 3.63) is 40.4 Å². The average Bonchev–Trinajstić information content (AvgIpc) is 2.86. The van der Waals surface area contributed by atoms with Crippen molar-refractivity contribution in [3.63, 3.8) is 0 Å². The van der Waals surface area contributed by atoms with Crippen molar-refractivity contribution in [2.75, 3.05) is 5.32 Å². The number of benzene rings is 1. The summed E-state index contributed by atoms with van der Waals surface area (Å²) in [6.45, 7) is 4.07. The predicted molar refractivity (Wildman–Crippen MR) is 75.6 cm³/mol. The summed E-state index contributed by atoms with van der Waals surface area (Å²) in [5.74, 6) is 0.302. The van der Waals surface area contributed by atoms with Crippen LogP contribution in [0.25, 0.3) is 0 Å². The zero-order valence-corrected chi connectivity index (χ0v) is 11.5. The molecule has 2 aromatic rings. The first kappa shape index (κ1) is 13.4. The lowest BCUT2D eigenvalue weighted by atomic mass is 10.1. The summed E-state index contributed by atoms with van der Waals surface area (Å²) >= 11 is 1.36. The van der Waals surface area contributed by atoms with Crippen LogP contribution in [0.3, 0.4) is 0 Å². The molecule has 1 aromatic heterocycles. The van der Waals surface area contributed by atoms with Gasteiger partial charge in [-0.05, 0) is 30.5 Å². The number of carbonyl (C=O) groups excluding carboxylic acids is 1. The second-order valence-corrected chi connectivity index (χ2v) is 5.12. The molecule has 0 saturated heterocycles. The molecule has 0 radical (unpaired) electrons. The van der Waals surface area contributed by atoms with Gasteiger partial charge in [-0.25, -0.2) is 9.78 Å². The second kappa shape index (κ2) is 5.71. The molecule has 5 nitrogen and oxygen atoms in total. The van der Waals surface area contributed by atoms with Gasteiger partial charge in [0.1, 0.15) is 5.75 Å². The van der Waals surface area contributed by atoms with Gasteiger partial charge in [0.2, 0.25) is 0 Å². The molecule has 6 heteroatoms. The summed E-state index contributed by atoms with van der Waals surface area (Å²) in [5, 5.41) is 17.4. The van der Waals surface area contributed by atoms with Gasteiger partial charge >= 0.3 is 6.03 Å². The van der Waals surface area contributed by atoms with Crippen molar-refractivity contribution in [3.8, 4) is 5.75 Å². The topological polar surface area (TPSA) is 74.2 Å². The number of hydrogen-bond donors (Lipinski definition) is 3. The highest BCUT2D eigenvalue weighted by Crippen LogP contribution is 2.22. The minimum atomic E-state index is -0.293. The normalized spacial score (nSPS) is 10.2. The lowest BCUT2D eigenvalue weighted by Gasteiger charge is -2.09. The van der Waals surface area contributed by atoms with Crippen LogP contribution in [-0.2, 0) is 6.54 Å². The summed E-state index contributed by atoms with van der Waals surface area (Å²) in [4.78, 5) is 15.6. The number of anilines is 1. The zero-order chi connectivity index (χ0) is 13.8. The van der Waals surface area contributed by atoms with Crippen molar-refractivity contribution >= 4 is 22.5 Å². The fourth-order valence-electron chi connectivity index (χ4n) is 1.76. The molecule has 3 N–H and O–H groups in total. The molecule has 0 aliphatic carbocycles. The molecule has 2 rings (SSSR count). The van der Waals surface area contributed by atoms with E-state index in [1.807, 2.05) is 26.0 Å². The third-order valence-corrected chi connectivity index (χ3v) is 3.35. The van der Waals surface area contributed by atoms with E-state index < -0.39 is 0 Å². The molecule has 0 saturated carbocycles. The Hall–Kier alpha value is -2.08. The molecular formula is C13H15N3O2S. The number of urea groups is 1. The third-order valence-electron chi connectivity index (χ3n) is 2.66. The average molecular weight is 277 g/mol. The van der Waals surface area contributed by atoms with Crippen LogP contribution in [0, 0.1) is 13.8 Å². The fourth-order valence-corrected chi connectivity index (χ4v) is 2.28. The molecule has 0 aliphatic rings. The van der Waals surface area contributed by atoms with Crippen molar-refractivity contribution in [2.24, 2.45) is 0 Å². The molecule has 2 amide bonds. The first-order valence-electron chi connectivity index (χ1n) is 5.79. The maximum atomic E-state index is 11.6. The number of nitrogens with one attached hydrogen (secondary N) is 2. The number of carbonyl (C=O) groups is 1. The van der Waals surface area contributed by atoms with Crippen molar-refractivity contribution < 1.29 is 9.90 Å². The summed E-state index contributed by atoms with van der Waals surface area (Å²) in [6.07, 6.45) is 1.63. The Labute approximate surface area is 115 Å². The van der Waals surface area contributed by atoms with E-state index in [0.29, 0.717) is 17.4 Å². The number of phenols is 1. The lowest BCUT2D eigenvalue weighted by molar-refractivity contribution is 0.251. The van der Waals surface area contributed by atoms with Gasteiger partial charge in [0.15, 0.2) is 5.13 Å². The minimum absolute atomic E-state index is 0.293. The Morgan fingerprint density at radius 2 is 2.05 bits per heavy atom. The monoisotopic (exact) mass is 277 g/mol. The highest BCUT2D eigenvalue weighted by atomic mass is 32.1. The quantitative estimate of drug-likeness (QED) is 0.807. The number of aromatic nitrogens is 1. The SMILES string of the molecule is Cc1cc(CNC(=O)Nc2nccs2)cc(C)c1O. The summed E-state index contributed by atoms with van der Waals surface area (Å²) in [7, 11) is 0. The third kappa shape index (κ3) is 3.45. The molecule has 0 atom stereocenters. The van der Waals surface area contributed by atoms with Crippen LogP contribution in [0.15, 0.2) is 23.7 Å². The lowest BCUT2D eigenvalue weighted by Crippen LogP contribution is -2.28. The Morgan fingerprint density at radius 3 is 2.63 bits per heavy atom. The fraction of sp³-hybridized carbons (Fsp3) is 0.231. The van der Waals surface area contributed by atoms with Gasteiger partial charge in [-0.2, -0.15) is 0 Å². The molecular weight excluding hydrogens is 262 g/mol. The second-order valence-electron chi connectivity index (χ2n) is 4.22. The molecule has 0 spiro atoms. The number of nitrogens with zero attached hydrogens (tertiary/aromatic N) is 1. The summed E-state index contributed by atoms with van der Waals surface area (Å²) in [6, 6.07) is 3.41. The Bertz CT molecular complexity index is 559. The van der Waals surface area contributed by atoms with Crippen LogP contribution in [0.5, 0.6) is 5.75 Å². The van der Waals surface area contributed by atoms with Crippen LogP contribution in [0.1, 0.15) is 16.7 Å². The number of rotatable bonds is 3. The van der Waals surface area contributed by atoms with E-state index in [0.717, 1.165) is 16.7 Å². The van der Waals surface area contributed by atoms with E-state index in [9.17, 15) is 9.90 Å².